The number of hydrogen-bond donors (Lipinski definition) is 4. The maximum absolute atomic E-state index is 8.94. The number of H-pyrrole nitrogens is 1. The van der Waals surface area contributed by atoms with Gasteiger partial charge in [0.2, 0.25) is 5.95 Å². The van der Waals surface area contributed by atoms with E-state index in [1.807, 2.05) is 24.3 Å². The van der Waals surface area contributed by atoms with Crippen LogP contribution in [0.5, 0.6) is 5.75 Å². The second kappa shape index (κ2) is 7.61. The lowest BCUT2D eigenvalue weighted by molar-refractivity contribution is 0.311. The van der Waals surface area contributed by atoms with Gasteiger partial charge < -0.3 is 25.5 Å². The Bertz CT molecular complexity index is 762. The predicted octanol–water partition coefficient (Wildman–Crippen LogP) is 1.93. The Balaban J connectivity index is 0.00000192. The number of nitrogens with one attached hydrogen (secondary N) is 3. The normalized spacial score (nSPS) is 10.2. The van der Waals surface area contributed by atoms with Crippen molar-refractivity contribution in [2.24, 2.45) is 0 Å². The maximum Gasteiger partial charge on any atom is 0.231 e. The molecule has 1 aromatic carbocycles. The molecule has 0 saturated carbocycles. The zero-order chi connectivity index (χ0) is 15.4. The first-order valence-corrected chi connectivity index (χ1v) is 6.77. The van der Waals surface area contributed by atoms with E-state index in [0.717, 1.165) is 11.4 Å². The Morgan fingerprint density at radius 2 is 2.00 bits per heavy atom. The predicted molar refractivity (Wildman–Crippen MR) is 90.8 cm³/mol. The van der Waals surface area contributed by atoms with Gasteiger partial charge in [0.25, 0.3) is 0 Å². The highest BCUT2D eigenvalue weighted by molar-refractivity contribution is 5.85. The summed E-state index contributed by atoms with van der Waals surface area (Å²) in [6, 6.07) is 7.44. The fourth-order valence-electron chi connectivity index (χ4n) is 1.99. The van der Waals surface area contributed by atoms with Gasteiger partial charge >= 0.3 is 0 Å². The van der Waals surface area contributed by atoms with Gasteiger partial charge in [0, 0.05) is 12.2 Å². The lowest BCUT2D eigenvalue weighted by atomic mass is 10.3. The molecule has 0 amide bonds. The highest BCUT2D eigenvalue weighted by Gasteiger charge is 2.09. The molecule has 0 aliphatic rings. The molecule has 0 atom stereocenters. The Morgan fingerprint density at radius 1 is 1.22 bits per heavy atom. The minimum Gasteiger partial charge on any atom is -0.497 e. The van der Waals surface area contributed by atoms with Crippen LogP contribution >= 0.6 is 12.4 Å². The third-order valence-corrected chi connectivity index (χ3v) is 3.04. The molecule has 9 heteroatoms. The Kier molecular flexibility index (Phi) is 5.56. The SMILES string of the molecule is COc1ccc(Nc2nc(NCCO)c3[nH]cnc3n2)cc1.Cl. The molecule has 122 valence electrons. The summed E-state index contributed by atoms with van der Waals surface area (Å²) in [4.78, 5) is 15.9. The van der Waals surface area contributed by atoms with E-state index in [4.69, 9.17) is 9.84 Å². The number of benzene rings is 1. The van der Waals surface area contributed by atoms with Gasteiger partial charge in [-0.05, 0) is 24.3 Å². The van der Waals surface area contributed by atoms with Gasteiger partial charge in [-0.2, -0.15) is 9.97 Å². The summed E-state index contributed by atoms with van der Waals surface area (Å²) < 4.78 is 5.12. The van der Waals surface area contributed by atoms with Crippen LogP contribution < -0.4 is 15.4 Å². The Morgan fingerprint density at radius 3 is 2.70 bits per heavy atom. The molecule has 0 bridgehead atoms. The first-order chi connectivity index (χ1) is 10.8. The molecule has 2 heterocycles. The van der Waals surface area contributed by atoms with Crippen LogP contribution in [0, 0.1) is 0 Å². The van der Waals surface area contributed by atoms with Crippen molar-refractivity contribution in [1.82, 2.24) is 19.9 Å². The van der Waals surface area contributed by atoms with E-state index in [9.17, 15) is 0 Å². The summed E-state index contributed by atoms with van der Waals surface area (Å²) in [6.45, 7) is 0.411. The van der Waals surface area contributed by atoms with Crippen molar-refractivity contribution in [3.63, 3.8) is 0 Å². The van der Waals surface area contributed by atoms with Gasteiger partial charge in [-0.3, -0.25) is 0 Å². The molecule has 2 aromatic heterocycles. The number of methoxy groups -OCH3 is 1. The van der Waals surface area contributed by atoms with Crippen molar-refractivity contribution in [3.8, 4) is 5.75 Å². The third-order valence-electron chi connectivity index (χ3n) is 3.04. The van der Waals surface area contributed by atoms with Crippen molar-refractivity contribution in [2.45, 2.75) is 0 Å². The second-order valence-corrected chi connectivity index (χ2v) is 4.50. The van der Waals surface area contributed by atoms with Crippen LogP contribution in [0.15, 0.2) is 30.6 Å². The summed E-state index contributed by atoms with van der Waals surface area (Å²) in [5.74, 6) is 1.79. The quantitative estimate of drug-likeness (QED) is 0.544. The summed E-state index contributed by atoms with van der Waals surface area (Å²) in [7, 11) is 1.62. The first-order valence-electron chi connectivity index (χ1n) is 6.77. The van der Waals surface area contributed by atoms with Crippen LogP contribution in [0.4, 0.5) is 17.5 Å². The summed E-state index contributed by atoms with van der Waals surface area (Å²) in [5, 5.41) is 15.1. The van der Waals surface area contributed by atoms with Gasteiger partial charge in [-0.25, -0.2) is 4.98 Å². The Labute approximate surface area is 138 Å². The number of imidazole rings is 1. The standard InChI is InChI=1S/C14H16N6O2.ClH/c1-22-10-4-2-9(3-5-10)18-14-19-12(15-6-7-21)11-13(20-14)17-8-16-11;/h2-5,8,21H,6-7H2,1H3,(H3,15,16,17,18,19,20);1H. The number of fused-ring (bicyclic) bond motifs is 1. The molecule has 3 aromatic rings. The number of anilines is 3. The lowest BCUT2D eigenvalue weighted by Crippen LogP contribution is -2.09. The monoisotopic (exact) mass is 336 g/mol. The molecule has 23 heavy (non-hydrogen) atoms. The highest BCUT2D eigenvalue weighted by Crippen LogP contribution is 2.22. The third kappa shape index (κ3) is 3.79. The number of aromatic amines is 1. The van der Waals surface area contributed by atoms with Crippen molar-refractivity contribution in [1.29, 1.82) is 0 Å². The van der Waals surface area contributed by atoms with Crippen molar-refractivity contribution < 1.29 is 9.84 Å². The zero-order valence-corrected chi connectivity index (χ0v) is 13.2. The molecule has 0 spiro atoms. The van der Waals surface area contributed by atoms with Crippen molar-refractivity contribution >= 4 is 41.0 Å². The van der Waals surface area contributed by atoms with E-state index in [2.05, 4.69) is 30.6 Å². The number of aromatic nitrogens is 4. The molecule has 0 unspecified atom stereocenters. The molecule has 0 radical (unpaired) electrons. The van der Waals surface area contributed by atoms with Crippen LogP contribution in [0.2, 0.25) is 0 Å². The van der Waals surface area contributed by atoms with Gasteiger partial charge in [0.1, 0.15) is 11.3 Å². The number of nitrogens with zero attached hydrogens (tertiary/aromatic N) is 3. The summed E-state index contributed by atoms with van der Waals surface area (Å²) in [5.41, 5.74) is 2.09. The van der Waals surface area contributed by atoms with E-state index in [1.165, 1.54) is 0 Å². The van der Waals surface area contributed by atoms with Crippen LogP contribution in [0.1, 0.15) is 0 Å². The average Bonchev–Trinajstić information content (AvgIpc) is 3.02. The van der Waals surface area contributed by atoms with Crippen molar-refractivity contribution in [3.05, 3.63) is 30.6 Å². The summed E-state index contributed by atoms with van der Waals surface area (Å²) in [6.07, 6.45) is 1.56. The molecular formula is C14H17ClN6O2. The fraction of sp³-hybridized carbons (Fsp3) is 0.214. The molecule has 0 aliphatic heterocycles. The van der Waals surface area contributed by atoms with Gasteiger partial charge in [-0.1, -0.05) is 0 Å². The number of hydrogen-bond acceptors (Lipinski definition) is 7. The largest absolute Gasteiger partial charge is 0.497 e. The van der Waals surface area contributed by atoms with Gasteiger partial charge in [-0.15, -0.1) is 12.4 Å². The van der Waals surface area contributed by atoms with Crippen LogP contribution in [0.3, 0.4) is 0 Å². The minimum atomic E-state index is 0. The number of aliphatic hydroxyl groups is 1. The first kappa shape index (κ1) is 16.8. The summed E-state index contributed by atoms with van der Waals surface area (Å²) >= 11 is 0. The minimum absolute atomic E-state index is 0. The molecular weight excluding hydrogens is 320 g/mol. The van der Waals surface area contributed by atoms with Gasteiger partial charge in [0.05, 0.1) is 20.0 Å². The van der Waals surface area contributed by atoms with Crippen LogP contribution in [-0.2, 0) is 0 Å². The molecule has 0 fully saturated rings. The average molecular weight is 337 g/mol. The van der Waals surface area contributed by atoms with Crippen molar-refractivity contribution in [2.75, 3.05) is 30.9 Å². The Hall–Kier alpha value is -2.58. The van der Waals surface area contributed by atoms with E-state index in [0.29, 0.717) is 29.5 Å². The van der Waals surface area contributed by atoms with Gasteiger partial charge in [0.15, 0.2) is 11.5 Å². The zero-order valence-electron chi connectivity index (χ0n) is 12.4. The van der Waals surface area contributed by atoms with Crippen LogP contribution in [0.25, 0.3) is 11.2 Å². The van der Waals surface area contributed by atoms with E-state index >= 15 is 0 Å². The molecule has 3 rings (SSSR count). The topological polar surface area (TPSA) is 108 Å². The van der Waals surface area contributed by atoms with E-state index < -0.39 is 0 Å². The number of aliphatic hydroxyl groups excluding tert-OH is 1. The number of ether oxygens (including phenoxy) is 1. The number of halogens is 1. The molecule has 0 aliphatic carbocycles. The highest BCUT2D eigenvalue weighted by atomic mass is 35.5. The van der Waals surface area contributed by atoms with Crippen LogP contribution in [-0.4, -0.2) is 45.3 Å². The smallest absolute Gasteiger partial charge is 0.231 e. The fourth-order valence-corrected chi connectivity index (χ4v) is 1.99. The molecule has 0 saturated heterocycles. The molecule has 4 N–H and O–H groups in total. The van der Waals surface area contributed by atoms with E-state index in [1.54, 1.807) is 13.4 Å². The lowest BCUT2D eigenvalue weighted by Gasteiger charge is -2.09. The second-order valence-electron chi connectivity index (χ2n) is 4.50. The van der Waals surface area contributed by atoms with E-state index in [-0.39, 0.29) is 19.0 Å². The number of rotatable bonds is 6. The maximum atomic E-state index is 8.94. The molecule has 8 nitrogen and oxygen atoms in total.